The highest BCUT2D eigenvalue weighted by Gasteiger charge is 2.25. The first kappa shape index (κ1) is 25.8. The van der Waals surface area contributed by atoms with E-state index in [2.05, 4.69) is 20.9 Å². The summed E-state index contributed by atoms with van der Waals surface area (Å²) in [6.07, 6.45) is 4.01. The first-order valence-corrected chi connectivity index (χ1v) is 11.2. The van der Waals surface area contributed by atoms with Crippen molar-refractivity contribution in [2.45, 2.75) is 50.8 Å². The second-order valence-corrected chi connectivity index (χ2v) is 9.02. The minimum Gasteiger partial charge on any atom is -0.355 e. The third kappa shape index (κ3) is 8.19. The quantitative estimate of drug-likeness (QED) is 0.216. The van der Waals surface area contributed by atoms with Crippen LogP contribution in [-0.4, -0.2) is 53.3 Å². The molecule has 0 aromatic heterocycles. The van der Waals surface area contributed by atoms with E-state index in [9.17, 15) is 13.4 Å². The zero-order valence-electron chi connectivity index (χ0n) is 17.3. The molecule has 1 saturated carbocycles. The molecule has 0 bridgehead atoms. The van der Waals surface area contributed by atoms with Crippen LogP contribution in [0, 0.1) is 12.7 Å². The van der Waals surface area contributed by atoms with E-state index in [1.807, 2.05) is 6.92 Å². The number of aryl methyl sites for hydroxylation is 1. The summed E-state index contributed by atoms with van der Waals surface area (Å²) in [5.74, 6) is 0.684. The van der Waals surface area contributed by atoms with Crippen LogP contribution in [0.4, 0.5) is 4.39 Å². The van der Waals surface area contributed by atoms with Crippen LogP contribution in [0.15, 0.2) is 23.2 Å². The lowest BCUT2D eigenvalue weighted by atomic mass is 9.95. The SMILES string of the molecule is CCS(=O)C1CCCC(NC(=NC)NCCNC(=O)c2ccc(C)c(F)c2)C1.I. The van der Waals surface area contributed by atoms with E-state index >= 15 is 0 Å². The molecule has 3 atom stereocenters. The number of carbonyl (C=O) groups excluding carboxylic acids is 1. The van der Waals surface area contributed by atoms with Crippen LogP contribution in [0.5, 0.6) is 0 Å². The van der Waals surface area contributed by atoms with E-state index in [1.54, 1.807) is 26.1 Å². The Morgan fingerprint density at radius 1 is 1.28 bits per heavy atom. The number of nitrogens with one attached hydrogen (secondary N) is 3. The third-order valence-electron chi connectivity index (χ3n) is 4.98. The van der Waals surface area contributed by atoms with Gasteiger partial charge < -0.3 is 16.0 Å². The van der Waals surface area contributed by atoms with Crippen LogP contribution >= 0.6 is 24.0 Å². The van der Waals surface area contributed by atoms with Gasteiger partial charge >= 0.3 is 0 Å². The molecule has 1 amide bonds. The van der Waals surface area contributed by atoms with Gasteiger partial charge in [0.15, 0.2) is 5.96 Å². The summed E-state index contributed by atoms with van der Waals surface area (Å²) in [7, 11) is 0.943. The summed E-state index contributed by atoms with van der Waals surface area (Å²) in [5.41, 5.74) is 0.823. The molecule has 3 unspecified atom stereocenters. The molecule has 1 aliphatic rings. The highest BCUT2D eigenvalue weighted by Crippen LogP contribution is 2.22. The van der Waals surface area contributed by atoms with Crippen molar-refractivity contribution in [2.24, 2.45) is 4.99 Å². The van der Waals surface area contributed by atoms with E-state index in [-0.39, 0.29) is 47.0 Å². The Hall–Kier alpha value is -1.23. The maximum atomic E-state index is 13.6. The topological polar surface area (TPSA) is 82.6 Å². The molecule has 29 heavy (non-hydrogen) atoms. The number of rotatable bonds is 7. The Morgan fingerprint density at radius 2 is 2.00 bits per heavy atom. The average Bonchev–Trinajstić information content (AvgIpc) is 2.71. The fourth-order valence-corrected chi connectivity index (χ4v) is 4.68. The van der Waals surface area contributed by atoms with Gasteiger partial charge in [0.05, 0.1) is 0 Å². The van der Waals surface area contributed by atoms with Crippen molar-refractivity contribution < 1.29 is 13.4 Å². The fraction of sp³-hybridized carbons (Fsp3) is 0.600. The van der Waals surface area contributed by atoms with Crippen LogP contribution in [0.25, 0.3) is 0 Å². The molecular formula is C20H32FIN4O2S. The fourth-order valence-electron chi connectivity index (χ4n) is 3.33. The number of carbonyl (C=O) groups is 1. The second-order valence-electron chi connectivity index (χ2n) is 7.02. The molecule has 0 aliphatic heterocycles. The second kappa shape index (κ2) is 13.1. The van der Waals surface area contributed by atoms with Gasteiger partial charge in [-0.05, 0) is 43.9 Å². The summed E-state index contributed by atoms with van der Waals surface area (Å²) < 4.78 is 25.6. The first-order chi connectivity index (χ1) is 13.4. The van der Waals surface area contributed by atoms with Crippen LogP contribution < -0.4 is 16.0 Å². The lowest BCUT2D eigenvalue weighted by molar-refractivity contribution is 0.0954. The van der Waals surface area contributed by atoms with Crippen molar-refractivity contribution in [3.8, 4) is 0 Å². The van der Waals surface area contributed by atoms with Gasteiger partial charge in [-0.1, -0.05) is 19.4 Å². The number of halogens is 2. The number of hydrogen-bond donors (Lipinski definition) is 3. The normalized spacial score (nSPS) is 20.3. The van der Waals surface area contributed by atoms with Crippen LogP contribution in [0.3, 0.4) is 0 Å². The molecule has 164 valence electrons. The largest absolute Gasteiger partial charge is 0.355 e. The van der Waals surface area contributed by atoms with E-state index in [4.69, 9.17) is 0 Å². The molecule has 0 radical (unpaired) electrons. The predicted molar refractivity (Wildman–Crippen MR) is 128 cm³/mol. The predicted octanol–water partition coefficient (Wildman–Crippen LogP) is 2.73. The van der Waals surface area contributed by atoms with Gasteiger partial charge in [0.2, 0.25) is 0 Å². The summed E-state index contributed by atoms with van der Waals surface area (Å²) in [6.45, 7) is 4.51. The summed E-state index contributed by atoms with van der Waals surface area (Å²) in [4.78, 5) is 16.3. The highest BCUT2D eigenvalue weighted by molar-refractivity contribution is 14.0. The van der Waals surface area contributed by atoms with Crippen molar-refractivity contribution in [3.05, 3.63) is 35.1 Å². The van der Waals surface area contributed by atoms with Gasteiger partial charge in [-0.15, -0.1) is 24.0 Å². The number of amides is 1. The van der Waals surface area contributed by atoms with Crippen molar-refractivity contribution >= 4 is 46.6 Å². The smallest absolute Gasteiger partial charge is 0.251 e. The number of benzene rings is 1. The van der Waals surface area contributed by atoms with Crippen LogP contribution in [0.2, 0.25) is 0 Å². The minimum atomic E-state index is -0.759. The number of aliphatic imine (C=N–C) groups is 1. The van der Waals surface area contributed by atoms with Crippen molar-refractivity contribution in [1.29, 1.82) is 0 Å². The number of hydrogen-bond acceptors (Lipinski definition) is 3. The van der Waals surface area contributed by atoms with Crippen molar-refractivity contribution in [3.63, 3.8) is 0 Å². The highest BCUT2D eigenvalue weighted by atomic mass is 127. The molecular weight excluding hydrogens is 506 g/mol. The molecule has 6 nitrogen and oxygen atoms in total. The van der Waals surface area contributed by atoms with Gasteiger partial charge in [0.25, 0.3) is 5.91 Å². The molecule has 1 aromatic carbocycles. The van der Waals surface area contributed by atoms with Crippen LogP contribution in [-0.2, 0) is 10.8 Å². The van der Waals surface area contributed by atoms with E-state index in [1.165, 1.54) is 6.07 Å². The Balaban J connectivity index is 0.00000420. The first-order valence-electron chi connectivity index (χ1n) is 9.83. The van der Waals surface area contributed by atoms with E-state index in [0.29, 0.717) is 35.9 Å². The maximum Gasteiger partial charge on any atom is 0.251 e. The Bertz CT molecular complexity index is 732. The summed E-state index contributed by atoms with van der Waals surface area (Å²) in [5, 5.41) is 9.59. The van der Waals surface area contributed by atoms with Crippen molar-refractivity contribution in [1.82, 2.24) is 16.0 Å². The summed E-state index contributed by atoms with van der Waals surface area (Å²) >= 11 is 0. The molecule has 9 heteroatoms. The van der Waals surface area contributed by atoms with Gasteiger partial charge in [0.1, 0.15) is 5.82 Å². The molecule has 0 saturated heterocycles. The minimum absolute atomic E-state index is 0. The van der Waals surface area contributed by atoms with Gasteiger partial charge in [0, 0.05) is 53.5 Å². The van der Waals surface area contributed by atoms with Gasteiger partial charge in [-0.25, -0.2) is 4.39 Å². The Labute approximate surface area is 192 Å². The van der Waals surface area contributed by atoms with E-state index < -0.39 is 10.8 Å². The zero-order chi connectivity index (χ0) is 20.5. The molecule has 0 heterocycles. The third-order valence-corrected chi connectivity index (χ3v) is 6.72. The average molecular weight is 538 g/mol. The molecule has 3 N–H and O–H groups in total. The van der Waals surface area contributed by atoms with Crippen molar-refractivity contribution in [2.75, 3.05) is 25.9 Å². The Morgan fingerprint density at radius 3 is 2.66 bits per heavy atom. The molecule has 1 fully saturated rings. The monoisotopic (exact) mass is 538 g/mol. The molecule has 1 aliphatic carbocycles. The zero-order valence-corrected chi connectivity index (χ0v) is 20.4. The standard InChI is InChI=1S/C20H31FN4O2S.HI/c1-4-28(27)17-7-5-6-16(13-17)25-20(22-3)24-11-10-23-19(26)15-9-8-14(2)18(21)12-15;/h8-9,12,16-17H,4-7,10-11,13H2,1-3H3,(H,23,26)(H2,22,24,25);1H. The molecule has 2 rings (SSSR count). The number of nitrogens with zero attached hydrogens (tertiary/aromatic N) is 1. The molecule has 0 spiro atoms. The maximum absolute atomic E-state index is 13.6. The molecule has 1 aromatic rings. The van der Waals surface area contributed by atoms with Gasteiger partial charge in [-0.3, -0.25) is 14.0 Å². The lowest BCUT2D eigenvalue weighted by Gasteiger charge is -2.30. The Kier molecular flexibility index (Phi) is 11.7. The summed E-state index contributed by atoms with van der Waals surface area (Å²) in [6, 6.07) is 4.71. The van der Waals surface area contributed by atoms with Crippen LogP contribution in [0.1, 0.15) is 48.5 Å². The number of guanidine groups is 1. The van der Waals surface area contributed by atoms with Gasteiger partial charge in [-0.2, -0.15) is 0 Å². The van der Waals surface area contributed by atoms with E-state index in [0.717, 1.165) is 25.7 Å². The lowest BCUT2D eigenvalue weighted by Crippen LogP contribution is -2.48.